The van der Waals surface area contributed by atoms with Crippen LogP contribution >= 0.6 is 0 Å². The van der Waals surface area contributed by atoms with Crippen molar-refractivity contribution in [2.24, 2.45) is 5.14 Å². The number of benzene rings is 2. The molecule has 0 radical (unpaired) electrons. The summed E-state index contributed by atoms with van der Waals surface area (Å²) in [5.41, 5.74) is 1.23. The summed E-state index contributed by atoms with van der Waals surface area (Å²) >= 11 is 0. The second-order valence-corrected chi connectivity index (χ2v) is 7.06. The molecule has 0 saturated carbocycles. The minimum atomic E-state index is -3.81. The molecule has 0 aliphatic carbocycles. The maximum atomic E-state index is 12.3. The molecule has 0 aliphatic heterocycles. The highest BCUT2D eigenvalue weighted by Crippen LogP contribution is 2.17. The zero-order valence-electron chi connectivity index (χ0n) is 13.1. The molecular weight excluding hydrogens is 344 g/mol. The van der Waals surface area contributed by atoms with Crippen molar-refractivity contribution >= 4 is 32.6 Å². The van der Waals surface area contributed by atoms with Gasteiger partial charge in [-0.2, -0.15) is 0 Å². The molecule has 0 unspecified atom stereocenters. The number of nitrogens with one attached hydrogen (secondary N) is 1. The standard InChI is InChI=1S/C17H14N2O5S/c1-10-2-7-13-14(20)9-16(24-15(13)8-10)17(21)19-11-3-5-12(6-4-11)25(18,22)23/h2-9H,1H3,(H,19,21)(H2,18,22,23). The minimum Gasteiger partial charge on any atom is -0.451 e. The van der Waals surface area contributed by atoms with Crippen LogP contribution in [0.4, 0.5) is 5.69 Å². The molecule has 0 bridgehead atoms. The summed E-state index contributed by atoms with van der Waals surface area (Å²) in [5.74, 6) is -0.762. The SMILES string of the molecule is Cc1ccc2c(=O)cc(C(=O)Nc3ccc(S(N)(=O)=O)cc3)oc2c1. The van der Waals surface area contributed by atoms with Gasteiger partial charge in [0.25, 0.3) is 5.91 Å². The van der Waals surface area contributed by atoms with E-state index in [-0.39, 0.29) is 16.1 Å². The Morgan fingerprint density at radius 3 is 2.40 bits per heavy atom. The number of primary sulfonamides is 1. The van der Waals surface area contributed by atoms with Crippen molar-refractivity contribution in [2.45, 2.75) is 11.8 Å². The molecule has 0 atom stereocenters. The van der Waals surface area contributed by atoms with Gasteiger partial charge >= 0.3 is 0 Å². The van der Waals surface area contributed by atoms with Crippen molar-refractivity contribution in [2.75, 3.05) is 5.32 Å². The molecule has 3 N–H and O–H groups in total. The van der Waals surface area contributed by atoms with Gasteiger partial charge in [-0.05, 0) is 48.9 Å². The average molecular weight is 358 g/mol. The molecule has 0 aliphatic rings. The lowest BCUT2D eigenvalue weighted by molar-refractivity contribution is 0.0997. The van der Waals surface area contributed by atoms with Crippen LogP contribution < -0.4 is 15.9 Å². The number of hydrogen-bond donors (Lipinski definition) is 2. The van der Waals surface area contributed by atoms with E-state index >= 15 is 0 Å². The molecule has 3 aromatic rings. The first-order chi connectivity index (χ1) is 11.7. The van der Waals surface area contributed by atoms with E-state index in [4.69, 9.17) is 9.56 Å². The first-order valence-electron chi connectivity index (χ1n) is 7.23. The number of hydrogen-bond acceptors (Lipinski definition) is 5. The van der Waals surface area contributed by atoms with Crippen molar-refractivity contribution in [3.63, 3.8) is 0 Å². The second-order valence-electron chi connectivity index (χ2n) is 5.50. The summed E-state index contributed by atoms with van der Waals surface area (Å²) in [6.07, 6.45) is 0. The van der Waals surface area contributed by atoms with Crippen LogP contribution in [0.3, 0.4) is 0 Å². The molecule has 1 aromatic heterocycles. The lowest BCUT2D eigenvalue weighted by atomic mass is 10.1. The summed E-state index contributed by atoms with van der Waals surface area (Å²) in [6.45, 7) is 1.85. The van der Waals surface area contributed by atoms with Crippen LogP contribution in [0.25, 0.3) is 11.0 Å². The number of nitrogens with two attached hydrogens (primary N) is 1. The van der Waals surface area contributed by atoms with Crippen LogP contribution in [0.5, 0.6) is 0 Å². The Morgan fingerprint density at radius 1 is 1.08 bits per heavy atom. The van der Waals surface area contributed by atoms with Crippen molar-refractivity contribution in [1.29, 1.82) is 0 Å². The summed E-state index contributed by atoms with van der Waals surface area (Å²) in [4.78, 5) is 24.3. The highest BCUT2D eigenvalue weighted by atomic mass is 32.2. The largest absolute Gasteiger partial charge is 0.451 e. The summed E-state index contributed by atoms with van der Waals surface area (Å²) in [7, 11) is -3.81. The van der Waals surface area contributed by atoms with Crippen molar-refractivity contribution in [3.05, 3.63) is 70.1 Å². The Labute approximate surface area is 143 Å². The fourth-order valence-electron chi connectivity index (χ4n) is 2.29. The molecule has 0 spiro atoms. The first kappa shape index (κ1) is 16.9. The molecule has 1 heterocycles. The maximum absolute atomic E-state index is 12.3. The molecule has 3 rings (SSSR count). The molecule has 128 valence electrons. The number of amides is 1. The number of sulfonamides is 1. The third kappa shape index (κ3) is 3.59. The Hall–Kier alpha value is -2.97. The topological polar surface area (TPSA) is 119 Å². The van der Waals surface area contributed by atoms with Gasteiger partial charge in [0.2, 0.25) is 10.0 Å². The summed E-state index contributed by atoms with van der Waals surface area (Å²) in [6, 6.07) is 11.5. The van der Waals surface area contributed by atoms with Gasteiger partial charge in [0.05, 0.1) is 10.3 Å². The molecule has 2 aromatic carbocycles. The number of aryl methyl sites for hydroxylation is 1. The van der Waals surface area contributed by atoms with Gasteiger partial charge in [0.15, 0.2) is 11.2 Å². The van der Waals surface area contributed by atoms with Gasteiger partial charge in [0, 0.05) is 11.8 Å². The molecule has 7 nitrogen and oxygen atoms in total. The van der Waals surface area contributed by atoms with Crippen molar-refractivity contribution in [3.8, 4) is 0 Å². The third-order valence-corrected chi connectivity index (χ3v) is 4.48. The smallest absolute Gasteiger partial charge is 0.291 e. The maximum Gasteiger partial charge on any atom is 0.291 e. The number of carbonyl (C=O) groups is 1. The fourth-order valence-corrected chi connectivity index (χ4v) is 2.81. The molecular formula is C17H14N2O5S. The molecule has 1 amide bonds. The Balaban J connectivity index is 1.91. The molecule has 0 fully saturated rings. The van der Waals surface area contributed by atoms with Gasteiger partial charge in [-0.1, -0.05) is 6.07 Å². The van der Waals surface area contributed by atoms with Gasteiger partial charge in [-0.3, -0.25) is 9.59 Å². The number of anilines is 1. The molecule has 25 heavy (non-hydrogen) atoms. The van der Waals surface area contributed by atoms with E-state index in [9.17, 15) is 18.0 Å². The number of rotatable bonds is 3. The lowest BCUT2D eigenvalue weighted by Gasteiger charge is -2.06. The van der Waals surface area contributed by atoms with E-state index in [2.05, 4.69) is 5.32 Å². The Kier molecular flexibility index (Phi) is 4.15. The normalized spacial score (nSPS) is 11.4. The minimum absolute atomic E-state index is 0.0711. The highest BCUT2D eigenvalue weighted by molar-refractivity contribution is 7.89. The van der Waals surface area contributed by atoms with Crippen LogP contribution in [0, 0.1) is 6.92 Å². The van der Waals surface area contributed by atoms with Crippen LogP contribution in [0.15, 0.2) is 62.6 Å². The van der Waals surface area contributed by atoms with Gasteiger partial charge < -0.3 is 9.73 Å². The van der Waals surface area contributed by atoms with Crippen molar-refractivity contribution in [1.82, 2.24) is 0 Å². The van der Waals surface area contributed by atoms with Crippen LogP contribution in [0.2, 0.25) is 0 Å². The predicted molar refractivity (Wildman–Crippen MR) is 93.0 cm³/mol. The quantitative estimate of drug-likeness (QED) is 0.742. The Morgan fingerprint density at radius 2 is 1.76 bits per heavy atom. The zero-order chi connectivity index (χ0) is 18.2. The Bertz CT molecular complexity index is 1130. The predicted octanol–water partition coefficient (Wildman–Crippen LogP) is 2.00. The average Bonchev–Trinajstić information content (AvgIpc) is 2.54. The zero-order valence-corrected chi connectivity index (χ0v) is 14.0. The van der Waals surface area contributed by atoms with Gasteiger partial charge in [-0.25, -0.2) is 13.6 Å². The van der Waals surface area contributed by atoms with Crippen LogP contribution in [0.1, 0.15) is 16.1 Å². The monoisotopic (exact) mass is 358 g/mol. The van der Waals surface area contributed by atoms with E-state index in [0.29, 0.717) is 16.7 Å². The highest BCUT2D eigenvalue weighted by Gasteiger charge is 2.13. The summed E-state index contributed by atoms with van der Waals surface area (Å²) < 4.78 is 27.9. The van der Waals surface area contributed by atoms with E-state index in [1.807, 2.05) is 6.92 Å². The van der Waals surface area contributed by atoms with E-state index < -0.39 is 15.9 Å². The van der Waals surface area contributed by atoms with E-state index in [0.717, 1.165) is 11.6 Å². The summed E-state index contributed by atoms with van der Waals surface area (Å²) in [5, 5.41) is 7.94. The van der Waals surface area contributed by atoms with E-state index in [1.54, 1.807) is 18.2 Å². The van der Waals surface area contributed by atoms with E-state index in [1.165, 1.54) is 24.3 Å². The lowest BCUT2D eigenvalue weighted by Crippen LogP contribution is -2.15. The number of fused-ring (bicyclic) bond motifs is 1. The van der Waals surface area contributed by atoms with Gasteiger partial charge in [0.1, 0.15) is 5.58 Å². The second kappa shape index (κ2) is 6.15. The van der Waals surface area contributed by atoms with Gasteiger partial charge in [-0.15, -0.1) is 0 Å². The third-order valence-electron chi connectivity index (χ3n) is 3.55. The van der Waals surface area contributed by atoms with Crippen LogP contribution in [-0.4, -0.2) is 14.3 Å². The number of carbonyl (C=O) groups excluding carboxylic acids is 1. The molecule has 8 heteroatoms. The van der Waals surface area contributed by atoms with Crippen molar-refractivity contribution < 1.29 is 17.6 Å². The first-order valence-corrected chi connectivity index (χ1v) is 8.77. The fraction of sp³-hybridized carbons (Fsp3) is 0.0588. The van der Waals surface area contributed by atoms with Crippen LogP contribution in [-0.2, 0) is 10.0 Å². The molecule has 0 saturated heterocycles.